The molecule has 0 radical (unpaired) electrons. The van der Waals surface area contributed by atoms with E-state index in [1.807, 2.05) is 12.1 Å². The Labute approximate surface area is 139 Å². The molecule has 0 bridgehead atoms. The smallest absolute Gasteiger partial charge is 0.164 e. The van der Waals surface area contributed by atoms with Crippen LogP contribution in [0.25, 0.3) is 0 Å². The fourth-order valence-corrected chi connectivity index (χ4v) is 3.15. The summed E-state index contributed by atoms with van der Waals surface area (Å²) in [6.07, 6.45) is 2.51. The number of piperidine rings is 1. The van der Waals surface area contributed by atoms with Crippen LogP contribution in [0.5, 0.6) is 17.2 Å². The van der Waals surface area contributed by atoms with Crippen LogP contribution in [-0.4, -0.2) is 52.4 Å². The van der Waals surface area contributed by atoms with Gasteiger partial charge in [0.05, 0.1) is 21.3 Å². The quantitative estimate of drug-likeness (QED) is 0.797. The van der Waals surface area contributed by atoms with Crippen molar-refractivity contribution < 1.29 is 14.2 Å². The number of methoxy groups -OCH3 is 3. The van der Waals surface area contributed by atoms with Crippen LogP contribution < -0.4 is 19.5 Å². The molecule has 1 aliphatic heterocycles. The minimum absolute atomic E-state index is 0.706. The molecule has 0 saturated carbocycles. The highest BCUT2D eigenvalue weighted by atomic mass is 16.5. The van der Waals surface area contributed by atoms with Gasteiger partial charge in [-0.1, -0.05) is 6.92 Å². The summed E-state index contributed by atoms with van der Waals surface area (Å²) in [4.78, 5) is 2.49. The zero-order valence-electron chi connectivity index (χ0n) is 14.9. The highest BCUT2D eigenvalue weighted by molar-refractivity contribution is 5.50. The maximum absolute atomic E-state index is 5.53. The lowest BCUT2D eigenvalue weighted by Gasteiger charge is -2.32. The predicted octanol–water partition coefficient (Wildman–Crippen LogP) is 2.53. The van der Waals surface area contributed by atoms with E-state index in [1.165, 1.54) is 12.8 Å². The Morgan fingerprint density at radius 3 is 2.17 bits per heavy atom. The fourth-order valence-electron chi connectivity index (χ4n) is 3.15. The molecule has 1 N–H and O–H groups in total. The third-order valence-electron chi connectivity index (χ3n) is 4.57. The standard InChI is InChI=1S/C18H30N2O3/c1-5-19-12-14-6-8-20(9-7-14)13-15-10-17(22-3)18(23-4)11-16(15)21-2/h10-11,14,19H,5-9,12-13H2,1-4H3. The van der Waals surface area contributed by atoms with Crippen LogP contribution in [0.3, 0.4) is 0 Å². The molecule has 1 aliphatic rings. The van der Waals surface area contributed by atoms with Gasteiger partial charge in [0.1, 0.15) is 5.75 Å². The van der Waals surface area contributed by atoms with Crippen molar-refractivity contribution in [1.29, 1.82) is 0 Å². The Hall–Kier alpha value is -1.46. The first kappa shape index (κ1) is 17.9. The van der Waals surface area contributed by atoms with Crippen LogP contribution in [0.4, 0.5) is 0 Å². The van der Waals surface area contributed by atoms with Crippen molar-refractivity contribution >= 4 is 0 Å². The molecule has 2 rings (SSSR count). The summed E-state index contributed by atoms with van der Waals surface area (Å²) in [5.74, 6) is 3.12. The number of rotatable bonds is 8. The number of benzene rings is 1. The van der Waals surface area contributed by atoms with Crippen molar-refractivity contribution in [2.75, 3.05) is 47.5 Å². The Morgan fingerprint density at radius 2 is 1.61 bits per heavy atom. The van der Waals surface area contributed by atoms with Gasteiger partial charge in [0, 0.05) is 18.2 Å². The number of hydrogen-bond acceptors (Lipinski definition) is 5. The summed E-state index contributed by atoms with van der Waals surface area (Å²) in [6, 6.07) is 3.94. The molecule has 1 fully saturated rings. The molecule has 0 atom stereocenters. The van der Waals surface area contributed by atoms with Gasteiger partial charge in [0.15, 0.2) is 11.5 Å². The van der Waals surface area contributed by atoms with E-state index in [4.69, 9.17) is 14.2 Å². The number of ether oxygens (including phenoxy) is 3. The molecular formula is C18H30N2O3. The molecule has 0 unspecified atom stereocenters. The highest BCUT2D eigenvalue weighted by Crippen LogP contribution is 2.35. The van der Waals surface area contributed by atoms with Crippen molar-refractivity contribution in [3.05, 3.63) is 17.7 Å². The van der Waals surface area contributed by atoms with Gasteiger partial charge in [0.25, 0.3) is 0 Å². The van der Waals surface area contributed by atoms with Gasteiger partial charge in [-0.25, -0.2) is 0 Å². The van der Waals surface area contributed by atoms with E-state index >= 15 is 0 Å². The number of likely N-dealkylation sites (tertiary alicyclic amines) is 1. The summed E-state index contributed by atoms with van der Waals surface area (Å²) >= 11 is 0. The third-order valence-corrected chi connectivity index (χ3v) is 4.57. The van der Waals surface area contributed by atoms with E-state index in [0.717, 1.165) is 55.7 Å². The van der Waals surface area contributed by atoms with Crippen LogP contribution >= 0.6 is 0 Å². The largest absolute Gasteiger partial charge is 0.496 e. The molecule has 23 heavy (non-hydrogen) atoms. The van der Waals surface area contributed by atoms with Gasteiger partial charge in [-0.3, -0.25) is 4.90 Å². The van der Waals surface area contributed by atoms with Crippen molar-refractivity contribution in [3.63, 3.8) is 0 Å². The van der Waals surface area contributed by atoms with Gasteiger partial charge in [-0.15, -0.1) is 0 Å². The molecular weight excluding hydrogens is 292 g/mol. The number of nitrogens with zero attached hydrogens (tertiary/aromatic N) is 1. The Morgan fingerprint density at radius 1 is 1.00 bits per heavy atom. The Kier molecular flexibility index (Phi) is 6.99. The monoisotopic (exact) mass is 322 g/mol. The molecule has 1 aromatic carbocycles. The molecule has 5 nitrogen and oxygen atoms in total. The number of hydrogen-bond donors (Lipinski definition) is 1. The minimum atomic E-state index is 0.706. The van der Waals surface area contributed by atoms with Gasteiger partial charge in [-0.2, -0.15) is 0 Å². The van der Waals surface area contributed by atoms with E-state index in [-0.39, 0.29) is 0 Å². The zero-order chi connectivity index (χ0) is 16.7. The Bertz CT molecular complexity index is 485. The van der Waals surface area contributed by atoms with Crippen molar-refractivity contribution in [1.82, 2.24) is 10.2 Å². The van der Waals surface area contributed by atoms with E-state index in [9.17, 15) is 0 Å². The average molecular weight is 322 g/mol. The minimum Gasteiger partial charge on any atom is -0.496 e. The van der Waals surface area contributed by atoms with E-state index in [0.29, 0.717) is 5.75 Å². The summed E-state index contributed by atoms with van der Waals surface area (Å²) < 4.78 is 16.3. The average Bonchev–Trinajstić information content (AvgIpc) is 2.60. The van der Waals surface area contributed by atoms with E-state index in [1.54, 1.807) is 21.3 Å². The SMILES string of the molecule is CCNCC1CCN(Cc2cc(OC)c(OC)cc2OC)CC1. The van der Waals surface area contributed by atoms with Crippen LogP contribution in [0.15, 0.2) is 12.1 Å². The van der Waals surface area contributed by atoms with Crippen molar-refractivity contribution in [2.24, 2.45) is 5.92 Å². The molecule has 130 valence electrons. The van der Waals surface area contributed by atoms with E-state index < -0.39 is 0 Å². The van der Waals surface area contributed by atoms with Crippen molar-refractivity contribution in [3.8, 4) is 17.2 Å². The zero-order valence-corrected chi connectivity index (χ0v) is 14.9. The summed E-state index contributed by atoms with van der Waals surface area (Å²) in [7, 11) is 5.01. The van der Waals surface area contributed by atoms with Gasteiger partial charge in [-0.05, 0) is 51.0 Å². The van der Waals surface area contributed by atoms with Crippen molar-refractivity contribution in [2.45, 2.75) is 26.3 Å². The molecule has 0 spiro atoms. The molecule has 0 amide bonds. The second-order valence-corrected chi connectivity index (χ2v) is 6.05. The van der Waals surface area contributed by atoms with Crippen LogP contribution in [-0.2, 0) is 6.54 Å². The molecule has 0 aromatic heterocycles. The van der Waals surface area contributed by atoms with E-state index in [2.05, 4.69) is 17.1 Å². The maximum atomic E-state index is 5.53. The summed E-state index contributed by atoms with van der Waals surface area (Å²) in [5, 5.41) is 3.46. The fraction of sp³-hybridized carbons (Fsp3) is 0.667. The lowest BCUT2D eigenvalue weighted by Crippen LogP contribution is -2.36. The molecule has 1 aromatic rings. The molecule has 5 heteroatoms. The predicted molar refractivity (Wildman–Crippen MR) is 92.6 cm³/mol. The molecule has 1 heterocycles. The second-order valence-electron chi connectivity index (χ2n) is 6.05. The summed E-state index contributed by atoms with van der Waals surface area (Å²) in [5.41, 5.74) is 1.15. The molecule has 1 saturated heterocycles. The maximum Gasteiger partial charge on any atom is 0.164 e. The topological polar surface area (TPSA) is 43.0 Å². The lowest BCUT2D eigenvalue weighted by atomic mass is 9.96. The first-order valence-corrected chi connectivity index (χ1v) is 8.43. The van der Waals surface area contributed by atoms with Gasteiger partial charge < -0.3 is 19.5 Å². The third kappa shape index (κ3) is 4.75. The normalized spacial score (nSPS) is 16.3. The second kappa shape index (κ2) is 8.99. The first-order valence-electron chi connectivity index (χ1n) is 8.43. The van der Waals surface area contributed by atoms with Gasteiger partial charge in [0.2, 0.25) is 0 Å². The molecule has 0 aliphatic carbocycles. The Balaban J connectivity index is 2.00. The highest BCUT2D eigenvalue weighted by Gasteiger charge is 2.21. The summed E-state index contributed by atoms with van der Waals surface area (Å²) in [6.45, 7) is 7.52. The van der Waals surface area contributed by atoms with Crippen LogP contribution in [0.2, 0.25) is 0 Å². The van der Waals surface area contributed by atoms with Crippen LogP contribution in [0, 0.1) is 5.92 Å². The number of nitrogens with one attached hydrogen (secondary N) is 1. The first-order chi connectivity index (χ1) is 11.2. The lowest BCUT2D eigenvalue weighted by molar-refractivity contribution is 0.174. The van der Waals surface area contributed by atoms with Gasteiger partial charge >= 0.3 is 0 Å². The van der Waals surface area contributed by atoms with Crippen LogP contribution in [0.1, 0.15) is 25.3 Å².